The van der Waals surface area contributed by atoms with Crippen LogP contribution in [0.2, 0.25) is 0 Å². The van der Waals surface area contributed by atoms with Crippen LogP contribution in [0.5, 0.6) is 0 Å². The molecule has 2 aromatic heterocycles. The van der Waals surface area contributed by atoms with Crippen molar-refractivity contribution in [1.82, 2.24) is 14.9 Å². The molecule has 0 saturated carbocycles. The van der Waals surface area contributed by atoms with Crippen molar-refractivity contribution >= 4 is 26.9 Å². The number of halogens is 1. The molecule has 10 heteroatoms. The van der Waals surface area contributed by atoms with Crippen LogP contribution in [0.3, 0.4) is 0 Å². The smallest absolute Gasteiger partial charge is 0.408 e. The predicted octanol–water partition coefficient (Wildman–Crippen LogP) is 3.49. The average molecular weight is 483 g/mol. The number of fused-ring (bicyclic) bond motifs is 2. The van der Waals surface area contributed by atoms with Crippen LogP contribution in [0.4, 0.5) is 10.2 Å². The molecule has 34 heavy (non-hydrogen) atoms. The van der Waals surface area contributed by atoms with Crippen molar-refractivity contribution in [3.05, 3.63) is 87.3 Å². The van der Waals surface area contributed by atoms with Crippen LogP contribution in [0.25, 0.3) is 11.1 Å². The number of benzene rings is 2. The Bertz CT molecular complexity index is 1580. The number of pyridine rings is 1. The number of aryl methyl sites for hydroxylation is 1. The lowest BCUT2D eigenvalue weighted by molar-refractivity contribution is 0.486. The van der Waals surface area contributed by atoms with Crippen LogP contribution in [-0.2, 0) is 23.0 Å². The molecular formula is C24H23FN4O4S. The van der Waals surface area contributed by atoms with E-state index in [1.54, 1.807) is 17.6 Å². The van der Waals surface area contributed by atoms with E-state index in [1.165, 1.54) is 29.3 Å². The Hall–Kier alpha value is -3.50. The summed E-state index contributed by atoms with van der Waals surface area (Å²) in [5, 5.41) is 3.38. The van der Waals surface area contributed by atoms with Crippen molar-refractivity contribution in [1.29, 1.82) is 0 Å². The fourth-order valence-corrected chi connectivity index (χ4v) is 5.80. The number of hydrogen-bond acceptors (Lipinski definition) is 6. The Morgan fingerprint density at radius 1 is 1.21 bits per heavy atom. The lowest BCUT2D eigenvalue weighted by Gasteiger charge is -2.24. The number of sulfonamides is 1. The van der Waals surface area contributed by atoms with Crippen LogP contribution >= 0.6 is 0 Å². The molecule has 0 fully saturated rings. The second-order valence-electron chi connectivity index (χ2n) is 8.36. The molecule has 0 spiro atoms. The Balaban J connectivity index is 1.58. The van der Waals surface area contributed by atoms with Crippen LogP contribution in [0.15, 0.2) is 62.6 Å². The highest BCUT2D eigenvalue weighted by Gasteiger charge is 2.25. The minimum absolute atomic E-state index is 0.0825. The van der Waals surface area contributed by atoms with Gasteiger partial charge in [-0.3, -0.25) is 9.29 Å². The summed E-state index contributed by atoms with van der Waals surface area (Å²) < 4.78 is 48.6. The Labute approximate surface area is 195 Å². The molecule has 5 rings (SSSR count). The summed E-state index contributed by atoms with van der Waals surface area (Å²) in [5.74, 6) is -1.52. The quantitative estimate of drug-likeness (QED) is 0.422. The van der Waals surface area contributed by atoms with Gasteiger partial charge in [0.1, 0.15) is 5.82 Å². The predicted molar refractivity (Wildman–Crippen MR) is 126 cm³/mol. The first-order valence-corrected chi connectivity index (χ1v) is 12.4. The summed E-state index contributed by atoms with van der Waals surface area (Å²) in [6.45, 7) is 5.20. The second-order valence-corrected chi connectivity index (χ2v) is 10.0. The average Bonchev–Trinajstić information content (AvgIpc) is 3.12. The van der Waals surface area contributed by atoms with Crippen LogP contribution in [0, 0.1) is 12.9 Å². The molecule has 0 saturated heterocycles. The maximum absolute atomic E-state index is 13.4. The topological polar surface area (TPSA) is 106 Å². The summed E-state index contributed by atoms with van der Waals surface area (Å²) in [6, 6.07) is 12.5. The lowest BCUT2D eigenvalue weighted by Crippen LogP contribution is -2.27. The van der Waals surface area contributed by atoms with Gasteiger partial charge < -0.3 is 9.73 Å². The van der Waals surface area contributed by atoms with Gasteiger partial charge in [-0.15, -0.1) is 0 Å². The van der Waals surface area contributed by atoms with Gasteiger partial charge in [0.25, 0.3) is 10.0 Å². The monoisotopic (exact) mass is 482 g/mol. The summed E-state index contributed by atoms with van der Waals surface area (Å²) >= 11 is 0. The van der Waals surface area contributed by atoms with Crippen molar-refractivity contribution in [3.63, 3.8) is 0 Å². The van der Waals surface area contributed by atoms with E-state index in [4.69, 9.17) is 4.42 Å². The number of nitrogens with one attached hydrogen (secondary N) is 2. The highest BCUT2D eigenvalue weighted by atomic mass is 32.2. The third-order valence-corrected chi connectivity index (χ3v) is 7.67. The number of hydrogen-bond donors (Lipinski definition) is 2. The van der Waals surface area contributed by atoms with E-state index >= 15 is 0 Å². The van der Waals surface area contributed by atoms with Gasteiger partial charge in [0.2, 0.25) is 5.95 Å². The first-order chi connectivity index (χ1) is 16.2. The van der Waals surface area contributed by atoms with Gasteiger partial charge in [-0.05, 0) is 67.3 Å². The number of nitrogens with zero attached hydrogens (tertiary/aromatic N) is 2. The van der Waals surface area contributed by atoms with Crippen molar-refractivity contribution in [2.75, 3.05) is 11.3 Å². The second kappa shape index (κ2) is 8.37. The Morgan fingerprint density at radius 2 is 2.00 bits per heavy atom. The van der Waals surface area contributed by atoms with E-state index in [0.717, 1.165) is 31.1 Å². The minimum Gasteiger partial charge on any atom is -0.408 e. The molecule has 1 aliphatic rings. The Kier molecular flexibility index (Phi) is 5.49. The zero-order valence-corrected chi connectivity index (χ0v) is 19.4. The molecule has 8 nitrogen and oxygen atoms in total. The first kappa shape index (κ1) is 22.3. The lowest BCUT2D eigenvalue weighted by atomic mass is 9.92. The van der Waals surface area contributed by atoms with Crippen molar-refractivity contribution in [2.45, 2.75) is 37.8 Å². The van der Waals surface area contributed by atoms with Gasteiger partial charge in [0.15, 0.2) is 5.58 Å². The molecule has 1 aliphatic heterocycles. The highest BCUT2D eigenvalue weighted by Crippen LogP contribution is 2.30. The molecular weight excluding hydrogens is 459 g/mol. The maximum atomic E-state index is 13.4. The van der Waals surface area contributed by atoms with Gasteiger partial charge in [-0.2, -0.15) is 4.39 Å². The summed E-state index contributed by atoms with van der Waals surface area (Å²) in [4.78, 5) is 16.4. The van der Waals surface area contributed by atoms with E-state index < -0.39 is 21.7 Å². The third-order valence-electron chi connectivity index (χ3n) is 6.17. The standard InChI is InChI=1S/C24H23FN4O4S/c1-14-11-19-20(12-21(14)34(31,32)28-23-8-4-7-22(25)27-23)33-24(30)29(19)15(2)17-6-3-5-16-9-10-26-13-18(16)17/h3-8,11-12,15,26H,9-10,13H2,1-2H3,(H,27,28)/t15-/m1/s1. The number of aromatic nitrogens is 2. The fourth-order valence-electron chi connectivity index (χ4n) is 4.55. The van der Waals surface area contributed by atoms with Gasteiger partial charge in [0, 0.05) is 12.6 Å². The molecule has 1 atom stereocenters. The summed E-state index contributed by atoms with van der Waals surface area (Å²) in [7, 11) is -4.10. The van der Waals surface area contributed by atoms with Crippen molar-refractivity contribution in [2.24, 2.45) is 0 Å². The van der Waals surface area contributed by atoms with Gasteiger partial charge >= 0.3 is 5.76 Å². The SMILES string of the molecule is Cc1cc2c(cc1S(=O)(=O)Nc1cccc(F)n1)oc(=O)n2[C@H](C)c1cccc2c1CNCC2. The fraction of sp³-hybridized carbons (Fsp3) is 0.250. The van der Waals surface area contributed by atoms with E-state index in [0.29, 0.717) is 11.1 Å². The largest absolute Gasteiger partial charge is 0.420 e. The third kappa shape index (κ3) is 3.88. The zero-order valence-electron chi connectivity index (χ0n) is 18.6. The molecule has 0 unspecified atom stereocenters. The molecule has 2 N–H and O–H groups in total. The van der Waals surface area contributed by atoms with E-state index in [1.807, 2.05) is 19.1 Å². The Morgan fingerprint density at radius 3 is 2.79 bits per heavy atom. The first-order valence-electron chi connectivity index (χ1n) is 10.9. The molecule has 4 aromatic rings. The number of anilines is 1. The molecule has 3 heterocycles. The molecule has 0 radical (unpaired) electrons. The van der Waals surface area contributed by atoms with E-state index in [9.17, 15) is 17.6 Å². The summed E-state index contributed by atoms with van der Waals surface area (Å²) in [5.41, 5.74) is 4.51. The van der Waals surface area contributed by atoms with Crippen LogP contribution < -0.4 is 15.8 Å². The number of oxazole rings is 1. The molecule has 0 bridgehead atoms. The van der Waals surface area contributed by atoms with E-state index in [-0.39, 0.29) is 22.3 Å². The molecule has 0 aliphatic carbocycles. The van der Waals surface area contributed by atoms with Crippen molar-refractivity contribution in [3.8, 4) is 0 Å². The maximum Gasteiger partial charge on any atom is 0.420 e. The molecule has 2 aromatic carbocycles. The van der Waals surface area contributed by atoms with Gasteiger partial charge in [-0.1, -0.05) is 24.3 Å². The highest BCUT2D eigenvalue weighted by molar-refractivity contribution is 7.92. The van der Waals surface area contributed by atoms with Gasteiger partial charge in [0.05, 0.1) is 16.5 Å². The normalized spacial score (nSPS) is 14.7. The van der Waals surface area contributed by atoms with Crippen LogP contribution in [0.1, 0.15) is 35.2 Å². The molecule has 0 amide bonds. The van der Waals surface area contributed by atoms with Crippen LogP contribution in [-0.4, -0.2) is 24.5 Å². The minimum atomic E-state index is -4.10. The molecule has 176 valence electrons. The van der Waals surface area contributed by atoms with Gasteiger partial charge in [-0.25, -0.2) is 18.2 Å². The summed E-state index contributed by atoms with van der Waals surface area (Å²) in [6.07, 6.45) is 0.921. The van der Waals surface area contributed by atoms with E-state index in [2.05, 4.69) is 21.1 Å². The zero-order chi connectivity index (χ0) is 24.0. The number of rotatable bonds is 5. The van der Waals surface area contributed by atoms with Crippen molar-refractivity contribution < 1.29 is 17.2 Å².